The number of hydrogen-bond donors (Lipinski definition) is 1. The van der Waals surface area contributed by atoms with Crippen LogP contribution in [0.3, 0.4) is 0 Å². The van der Waals surface area contributed by atoms with Gasteiger partial charge in [-0.05, 0) is 44.0 Å². The van der Waals surface area contributed by atoms with Gasteiger partial charge in [0.25, 0.3) is 5.69 Å². The zero-order chi connectivity index (χ0) is 18.9. The minimum Gasteiger partial charge on any atom is -0.344 e. The Morgan fingerprint density at radius 2 is 1.28 bits per heavy atom. The van der Waals surface area contributed by atoms with Gasteiger partial charge >= 0.3 is 11.4 Å². The van der Waals surface area contributed by atoms with E-state index in [1.807, 2.05) is 0 Å². The SMILES string of the molecule is O=[N+]([O-])c1cc([N+](=O)[O-])c(Nc2cc(Br)c(Cl)c(Br)c2)c([N+](=O)[O-])c1. The fourth-order valence-corrected chi connectivity index (χ4v) is 3.19. The van der Waals surface area contributed by atoms with Gasteiger partial charge in [0, 0.05) is 14.6 Å². The second kappa shape index (κ2) is 7.29. The molecule has 0 aliphatic rings. The summed E-state index contributed by atoms with van der Waals surface area (Å²) < 4.78 is 0.858. The van der Waals surface area contributed by atoms with Crippen LogP contribution in [0.25, 0.3) is 0 Å². The summed E-state index contributed by atoms with van der Waals surface area (Å²) >= 11 is 12.3. The van der Waals surface area contributed by atoms with Crippen LogP contribution >= 0.6 is 43.5 Å². The minimum absolute atomic E-state index is 0.239. The van der Waals surface area contributed by atoms with Crippen LogP contribution in [-0.4, -0.2) is 14.8 Å². The summed E-state index contributed by atoms with van der Waals surface area (Å²) in [6.07, 6.45) is 0. The molecule has 2 aromatic rings. The summed E-state index contributed by atoms with van der Waals surface area (Å²) in [5.41, 5.74) is -2.61. The lowest BCUT2D eigenvalue weighted by Crippen LogP contribution is -2.03. The molecule has 0 spiro atoms. The smallest absolute Gasteiger partial charge is 0.306 e. The molecule has 2 aromatic carbocycles. The number of nitro benzene ring substituents is 3. The average molecular weight is 496 g/mol. The number of anilines is 2. The van der Waals surface area contributed by atoms with Crippen LogP contribution < -0.4 is 5.32 Å². The van der Waals surface area contributed by atoms with Crippen molar-refractivity contribution >= 4 is 71.9 Å². The van der Waals surface area contributed by atoms with Crippen molar-refractivity contribution in [1.82, 2.24) is 0 Å². The van der Waals surface area contributed by atoms with Gasteiger partial charge in [-0.1, -0.05) is 11.6 Å². The molecule has 0 unspecified atom stereocenters. The van der Waals surface area contributed by atoms with E-state index in [-0.39, 0.29) is 5.69 Å². The number of halogens is 3. The Morgan fingerprint density at radius 3 is 1.64 bits per heavy atom. The van der Waals surface area contributed by atoms with Crippen LogP contribution in [0.2, 0.25) is 5.02 Å². The van der Waals surface area contributed by atoms with Crippen LogP contribution in [-0.2, 0) is 0 Å². The summed E-state index contributed by atoms with van der Waals surface area (Å²) in [5.74, 6) is 0. The van der Waals surface area contributed by atoms with E-state index in [0.717, 1.165) is 0 Å². The summed E-state index contributed by atoms with van der Waals surface area (Å²) in [4.78, 5) is 30.5. The third-order valence-electron chi connectivity index (χ3n) is 2.94. The molecule has 0 atom stereocenters. The average Bonchev–Trinajstić information content (AvgIpc) is 2.51. The molecule has 130 valence electrons. The summed E-state index contributed by atoms with van der Waals surface area (Å²) in [7, 11) is 0. The quantitative estimate of drug-likeness (QED) is 0.335. The molecule has 0 fully saturated rings. The fraction of sp³-hybridized carbons (Fsp3) is 0. The van der Waals surface area contributed by atoms with Crippen molar-refractivity contribution in [3.8, 4) is 0 Å². The number of nitrogens with zero attached hydrogens (tertiary/aromatic N) is 3. The van der Waals surface area contributed by atoms with Crippen molar-refractivity contribution in [1.29, 1.82) is 0 Å². The molecule has 2 rings (SSSR count). The van der Waals surface area contributed by atoms with Gasteiger partial charge in [-0.3, -0.25) is 30.3 Å². The van der Waals surface area contributed by atoms with Crippen molar-refractivity contribution < 1.29 is 14.8 Å². The highest BCUT2D eigenvalue weighted by Gasteiger charge is 2.30. The fourth-order valence-electron chi connectivity index (χ4n) is 1.89. The summed E-state index contributed by atoms with van der Waals surface area (Å²) in [6.45, 7) is 0. The topological polar surface area (TPSA) is 141 Å². The lowest BCUT2D eigenvalue weighted by molar-refractivity contribution is -0.401. The second-order valence-corrected chi connectivity index (χ2v) is 6.60. The molecule has 0 aromatic heterocycles. The maximum absolute atomic E-state index is 11.2. The largest absolute Gasteiger partial charge is 0.344 e. The lowest BCUT2D eigenvalue weighted by Gasteiger charge is -2.10. The van der Waals surface area contributed by atoms with Gasteiger partial charge in [0.2, 0.25) is 0 Å². The van der Waals surface area contributed by atoms with Crippen molar-refractivity contribution in [3.05, 3.63) is 68.6 Å². The van der Waals surface area contributed by atoms with Crippen molar-refractivity contribution in [2.75, 3.05) is 5.32 Å². The van der Waals surface area contributed by atoms with Crippen LogP contribution in [0.4, 0.5) is 28.4 Å². The number of rotatable bonds is 5. The van der Waals surface area contributed by atoms with Crippen LogP contribution in [0.15, 0.2) is 33.2 Å². The van der Waals surface area contributed by atoms with Crippen LogP contribution in [0, 0.1) is 30.3 Å². The van der Waals surface area contributed by atoms with E-state index in [1.165, 1.54) is 12.1 Å². The molecular formula is C12H5Br2ClN4O6. The number of nitrogens with one attached hydrogen (secondary N) is 1. The molecular weight excluding hydrogens is 491 g/mol. The Bertz CT molecular complexity index is 864. The molecule has 1 N–H and O–H groups in total. The zero-order valence-corrected chi connectivity index (χ0v) is 15.7. The number of benzene rings is 2. The van der Waals surface area contributed by atoms with E-state index < -0.39 is 37.5 Å². The third-order valence-corrected chi connectivity index (χ3v) is 5.05. The predicted octanol–water partition coefficient (Wildman–Crippen LogP) is 5.33. The second-order valence-electron chi connectivity index (χ2n) is 4.51. The first-order valence-electron chi connectivity index (χ1n) is 6.14. The molecule has 0 aliphatic carbocycles. The monoisotopic (exact) mass is 494 g/mol. The molecule has 0 saturated heterocycles. The first kappa shape index (κ1) is 19.0. The van der Waals surface area contributed by atoms with E-state index in [0.29, 0.717) is 26.1 Å². The van der Waals surface area contributed by atoms with Crippen LogP contribution in [0.5, 0.6) is 0 Å². The van der Waals surface area contributed by atoms with E-state index >= 15 is 0 Å². The molecule has 10 nitrogen and oxygen atoms in total. The van der Waals surface area contributed by atoms with Crippen molar-refractivity contribution in [2.45, 2.75) is 0 Å². The molecule has 13 heteroatoms. The number of non-ortho nitro benzene ring substituents is 1. The first-order chi connectivity index (χ1) is 11.6. The summed E-state index contributed by atoms with van der Waals surface area (Å²) in [5, 5.41) is 36.2. The van der Waals surface area contributed by atoms with Gasteiger partial charge < -0.3 is 5.32 Å². The summed E-state index contributed by atoms with van der Waals surface area (Å²) in [6, 6.07) is 4.19. The number of hydrogen-bond acceptors (Lipinski definition) is 7. The van der Waals surface area contributed by atoms with Crippen molar-refractivity contribution in [2.24, 2.45) is 0 Å². The Kier molecular flexibility index (Phi) is 5.55. The minimum atomic E-state index is -0.945. The highest BCUT2D eigenvalue weighted by atomic mass is 79.9. The highest BCUT2D eigenvalue weighted by molar-refractivity contribution is 9.11. The van der Waals surface area contributed by atoms with Gasteiger partial charge in [-0.15, -0.1) is 0 Å². The zero-order valence-electron chi connectivity index (χ0n) is 11.7. The first-order valence-corrected chi connectivity index (χ1v) is 8.11. The normalized spacial score (nSPS) is 10.4. The van der Waals surface area contributed by atoms with Gasteiger partial charge in [0.05, 0.1) is 31.9 Å². The molecule has 0 bridgehead atoms. The van der Waals surface area contributed by atoms with E-state index in [9.17, 15) is 30.3 Å². The number of nitro groups is 3. The van der Waals surface area contributed by atoms with Crippen molar-refractivity contribution in [3.63, 3.8) is 0 Å². The molecule has 0 saturated carbocycles. The Balaban J connectivity index is 2.69. The van der Waals surface area contributed by atoms with E-state index in [1.54, 1.807) is 0 Å². The molecule has 0 heterocycles. The maximum Gasteiger partial charge on any atom is 0.306 e. The van der Waals surface area contributed by atoms with Gasteiger partial charge in [-0.25, -0.2) is 0 Å². The van der Waals surface area contributed by atoms with E-state index in [2.05, 4.69) is 37.2 Å². The van der Waals surface area contributed by atoms with Crippen LogP contribution in [0.1, 0.15) is 0 Å². The predicted molar refractivity (Wildman–Crippen MR) is 96.5 cm³/mol. The highest BCUT2D eigenvalue weighted by Crippen LogP contribution is 2.41. The Labute approximate surface area is 160 Å². The maximum atomic E-state index is 11.2. The molecule has 0 aliphatic heterocycles. The van der Waals surface area contributed by atoms with Gasteiger partial charge in [-0.2, -0.15) is 0 Å². The Hall–Kier alpha value is -2.31. The Morgan fingerprint density at radius 1 is 0.840 bits per heavy atom. The van der Waals surface area contributed by atoms with E-state index in [4.69, 9.17) is 11.6 Å². The standard InChI is InChI=1S/C12H5Br2ClN4O6/c13-7-1-5(2-8(14)11(7)15)16-12-9(18(22)23)3-6(17(20)21)4-10(12)19(24)25/h1-4,16H. The van der Waals surface area contributed by atoms with Gasteiger partial charge in [0.1, 0.15) is 0 Å². The lowest BCUT2D eigenvalue weighted by atomic mass is 10.2. The third kappa shape index (κ3) is 4.03. The molecule has 25 heavy (non-hydrogen) atoms. The molecule has 0 radical (unpaired) electrons. The van der Waals surface area contributed by atoms with Gasteiger partial charge in [0.15, 0.2) is 5.69 Å². The molecule has 0 amide bonds.